The first-order valence-corrected chi connectivity index (χ1v) is 12.5. The van der Waals surface area contributed by atoms with E-state index >= 15 is 0 Å². The molecule has 11 heteroatoms. The molecule has 0 radical (unpaired) electrons. The Morgan fingerprint density at radius 1 is 1.12 bits per heavy atom. The Kier molecular flexibility index (Phi) is 9.28. The zero-order valence-electron chi connectivity index (χ0n) is 16.1. The molecule has 0 amide bonds. The van der Waals surface area contributed by atoms with Crippen molar-refractivity contribution in [1.82, 2.24) is 14.5 Å². The molecular weight excluding hydrogens is 380 g/mol. The molecule has 0 saturated carbocycles. The van der Waals surface area contributed by atoms with Crippen LogP contribution in [0.25, 0.3) is 0 Å². The average molecular weight is 413 g/mol. The number of nitrogens with one attached hydrogen (secondary N) is 1. The van der Waals surface area contributed by atoms with Crippen LogP contribution in [0.15, 0.2) is 4.99 Å². The fourth-order valence-corrected chi connectivity index (χ4v) is 4.15. The molecule has 0 unspecified atom stereocenters. The van der Waals surface area contributed by atoms with Crippen LogP contribution in [-0.2, 0) is 24.6 Å². The van der Waals surface area contributed by atoms with Crippen molar-refractivity contribution in [3.05, 3.63) is 0 Å². The first-order chi connectivity index (χ1) is 12.0. The van der Waals surface area contributed by atoms with Crippen molar-refractivity contribution >= 4 is 25.8 Å². The molecule has 1 N–H and O–H groups in total. The number of hydrogen-bond donors (Lipinski definition) is 1. The maximum atomic E-state index is 12.4. The second-order valence-electron chi connectivity index (χ2n) is 6.49. The highest BCUT2D eigenvalue weighted by Gasteiger charge is 2.28. The topological polar surface area (TPSA) is 108 Å². The fourth-order valence-electron chi connectivity index (χ4n) is 2.44. The summed E-state index contributed by atoms with van der Waals surface area (Å²) in [5, 5.41) is 3.13. The van der Waals surface area contributed by atoms with Gasteiger partial charge in [-0.2, -0.15) is 4.31 Å². The van der Waals surface area contributed by atoms with E-state index in [0.29, 0.717) is 38.7 Å². The smallest absolute Gasteiger partial charge is 0.216 e. The first kappa shape index (κ1) is 23.1. The Bertz CT molecular complexity index is 654. The summed E-state index contributed by atoms with van der Waals surface area (Å²) in [4.78, 5) is 6.30. The number of nitrogens with zero attached hydrogens (tertiary/aromatic N) is 3. The van der Waals surface area contributed by atoms with E-state index in [-0.39, 0.29) is 30.8 Å². The van der Waals surface area contributed by atoms with Gasteiger partial charge in [0.25, 0.3) is 0 Å². The maximum absolute atomic E-state index is 12.4. The Labute approximate surface area is 157 Å². The Hall–Kier alpha value is -0.910. The molecule has 9 nitrogen and oxygen atoms in total. The van der Waals surface area contributed by atoms with Crippen molar-refractivity contribution in [2.45, 2.75) is 26.9 Å². The van der Waals surface area contributed by atoms with E-state index in [9.17, 15) is 16.8 Å². The lowest BCUT2D eigenvalue weighted by Gasteiger charge is -2.35. The van der Waals surface area contributed by atoms with E-state index < -0.39 is 19.9 Å². The molecule has 0 bridgehead atoms. The minimum absolute atomic E-state index is 0.00729. The summed E-state index contributed by atoms with van der Waals surface area (Å²) >= 11 is 0. The van der Waals surface area contributed by atoms with Gasteiger partial charge >= 0.3 is 0 Å². The number of hydrogen-bond acceptors (Lipinski definition) is 6. The minimum atomic E-state index is -3.33. The third-order valence-corrected chi connectivity index (χ3v) is 6.54. The summed E-state index contributed by atoms with van der Waals surface area (Å²) in [6.45, 7) is 8.48. The summed E-state index contributed by atoms with van der Waals surface area (Å²) in [6.07, 6.45) is 1.19. The predicted molar refractivity (Wildman–Crippen MR) is 104 cm³/mol. The largest absolute Gasteiger partial charge is 0.378 e. The molecule has 0 aromatic rings. The van der Waals surface area contributed by atoms with Crippen LogP contribution in [0.5, 0.6) is 0 Å². The standard InChI is InChI=1S/C15H32N4O5S2/c1-5-16-15(17-6-12-25(4,20)21)18-7-9-19(10-8-18)26(22,23)13-11-24-14(2)3/h14H,5-13H2,1-4H3,(H,16,17). The van der Waals surface area contributed by atoms with E-state index in [1.165, 1.54) is 10.6 Å². The van der Waals surface area contributed by atoms with Crippen LogP contribution in [0.2, 0.25) is 0 Å². The van der Waals surface area contributed by atoms with E-state index in [2.05, 4.69) is 10.3 Å². The second-order valence-corrected chi connectivity index (χ2v) is 10.8. The SMILES string of the molecule is CCNC(=NCCS(C)(=O)=O)N1CCN(S(=O)(=O)CCOC(C)C)CC1. The van der Waals surface area contributed by atoms with Gasteiger partial charge in [-0.3, -0.25) is 4.99 Å². The fraction of sp³-hybridized carbons (Fsp3) is 0.933. The molecule has 1 heterocycles. The summed E-state index contributed by atoms with van der Waals surface area (Å²) in [5.41, 5.74) is 0. The van der Waals surface area contributed by atoms with Gasteiger partial charge in [0.2, 0.25) is 10.0 Å². The zero-order valence-corrected chi connectivity index (χ0v) is 17.8. The molecule has 0 aromatic heterocycles. The third kappa shape index (κ3) is 8.65. The molecule has 0 aliphatic carbocycles. The van der Waals surface area contributed by atoms with Crippen LogP contribution in [0, 0.1) is 0 Å². The van der Waals surface area contributed by atoms with E-state index in [1.807, 2.05) is 25.7 Å². The van der Waals surface area contributed by atoms with E-state index in [1.54, 1.807) is 0 Å². The van der Waals surface area contributed by atoms with Crippen LogP contribution in [-0.4, -0.2) is 102 Å². The number of guanidine groups is 1. The average Bonchev–Trinajstić information content (AvgIpc) is 2.52. The second kappa shape index (κ2) is 10.4. The molecule has 0 spiro atoms. The highest BCUT2D eigenvalue weighted by atomic mass is 32.2. The zero-order chi connectivity index (χ0) is 19.8. The van der Waals surface area contributed by atoms with E-state index in [4.69, 9.17) is 4.74 Å². The van der Waals surface area contributed by atoms with Gasteiger partial charge in [0.15, 0.2) is 5.96 Å². The van der Waals surface area contributed by atoms with Crippen molar-refractivity contribution in [2.75, 3.05) is 63.6 Å². The van der Waals surface area contributed by atoms with Crippen molar-refractivity contribution < 1.29 is 21.6 Å². The highest BCUT2D eigenvalue weighted by Crippen LogP contribution is 2.09. The number of sulfonamides is 1. The lowest BCUT2D eigenvalue weighted by Crippen LogP contribution is -2.54. The van der Waals surface area contributed by atoms with Gasteiger partial charge in [0.1, 0.15) is 9.84 Å². The molecular formula is C15H32N4O5S2. The van der Waals surface area contributed by atoms with Crippen molar-refractivity contribution in [3.63, 3.8) is 0 Å². The van der Waals surface area contributed by atoms with Crippen LogP contribution >= 0.6 is 0 Å². The van der Waals surface area contributed by atoms with Crippen molar-refractivity contribution in [2.24, 2.45) is 4.99 Å². The van der Waals surface area contributed by atoms with Gasteiger partial charge in [0.05, 0.1) is 30.8 Å². The number of aliphatic imine (C=N–C) groups is 1. The Morgan fingerprint density at radius 2 is 1.73 bits per heavy atom. The van der Waals surface area contributed by atoms with Gasteiger partial charge in [-0.1, -0.05) is 0 Å². The quantitative estimate of drug-likeness (QED) is 0.397. The van der Waals surface area contributed by atoms with Gasteiger partial charge in [-0.05, 0) is 20.8 Å². The molecule has 1 saturated heterocycles. The molecule has 1 rings (SSSR count). The normalized spacial score (nSPS) is 17.7. The summed E-state index contributed by atoms with van der Waals surface area (Å²) in [5.74, 6) is 0.594. The number of rotatable bonds is 9. The molecule has 0 atom stereocenters. The molecule has 26 heavy (non-hydrogen) atoms. The third-order valence-electron chi connectivity index (χ3n) is 3.78. The molecule has 1 fully saturated rings. The van der Waals surface area contributed by atoms with Crippen LogP contribution in [0.1, 0.15) is 20.8 Å². The predicted octanol–water partition coefficient (Wildman–Crippen LogP) is -0.631. The monoisotopic (exact) mass is 412 g/mol. The lowest BCUT2D eigenvalue weighted by atomic mass is 10.4. The number of ether oxygens (including phenoxy) is 1. The lowest BCUT2D eigenvalue weighted by molar-refractivity contribution is 0.0904. The van der Waals surface area contributed by atoms with Crippen molar-refractivity contribution in [1.29, 1.82) is 0 Å². The van der Waals surface area contributed by atoms with Crippen LogP contribution < -0.4 is 5.32 Å². The summed E-state index contributed by atoms with van der Waals surface area (Å²) in [6, 6.07) is 0. The van der Waals surface area contributed by atoms with E-state index in [0.717, 1.165) is 0 Å². The number of sulfone groups is 1. The number of piperazine rings is 1. The van der Waals surface area contributed by atoms with Gasteiger partial charge in [-0.25, -0.2) is 16.8 Å². The van der Waals surface area contributed by atoms with Crippen molar-refractivity contribution in [3.8, 4) is 0 Å². The molecule has 1 aliphatic heterocycles. The summed E-state index contributed by atoms with van der Waals surface area (Å²) < 4.78 is 54.0. The Morgan fingerprint density at radius 3 is 2.23 bits per heavy atom. The first-order valence-electron chi connectivity index (χ1n) is 8.85. The molecule has 0 aromatic carbocycles. The molecule has 154 valence electrons. The van der Waals surface area contributed by atoms with Crippen LogP contribution in [0.3, 0.4) is 0 Å². The minimum Gasteiger partial charge on any atom is -0.378 e. The Balaban J connectivity index is 2.59. The van der Waals surface area contributed by atoms with Gasteiger partial charge < -0.3 is 15.0 Å². The molecule has 1 aliphatic rings. The van der Waals surface area contributed by atoms with Crippen LogP contribution in [0.4, 0.5) is 0 Å². The van der Waals surface area contributed by atoms with Gasteiger partial charge in [-0.15, -0.1) is 0 Å². The van der Waals surface area contributed by atoms with Gasteiger partial charge in [0, 0.05) is 39.0 Å². The summed E-state index contributed by atoms with van der Waals surface area (Å²) in [7, 11) is -6.40. The highest BCUT2D eigenvalue weighted by molar-refractivity contribution is 7.90. The maximum Gasteiger partial charge on any atom is 0.216 e.